The van der Waals surface area contributed by atoms with Gasteiger partial charge in [0.25, 0.3) is 0 Å². The molecular formula is C13H15ClF2O2. The molecule has 5 heteroatoms. The van der Waals surface area contributed by atoms with E-state index in [4.69, 9.17) is 16.3 Å². The normalized spacial score (nSPS) is 10.4. The number of ether oxygens (including phenoxy) is 1. The molecule has 0 aromatic heterocycles. The van der Waals surface area contributed by atoms with Gasteiger partial charge in [-0.2, -0.15) is 0 Å². The molecule has 2 nitrogen and oxygen atoms in total. The SMILES string of the molecule is O=C(OCCCCCCCl)c1ccc(F)c(F)c1. The van der Waals surface area contributed by atoms with Gasteiger partial charge in [-0.3, -0.25) is 0 Å². The minimum absolute atomic E-state index is 0.0228. The van der Waals surface area contributed by atoms with Crippen molar-refractivity contribution in [3.05, 3.63) is 35.4 Å². The average molecular weight is 277 g/mol. The highest BCUT2D eigenvalue weighted by Crippen LogP contribution is 2.10. The zero-order valence-electron chi connectivity index (χ0n) is 9.93. The van der Waals surface area contributed by atoms with Crippen LogP contribution in [0.1, 0.15) is 36.0 Å². The van der Waals surface area contributed by atoms with Crippen molar-refractivity contribution in [3.63, 3.8) is 0 Å². The molecule has 0 aliphatic heterocycles. The van der Waals surface area contributed by atoms with E-state index in [1.54, 1.807) is 0 Å². The molecule has 0 N–H and O–H groups in total. The first kappa shape index (κ1) is 14.9. The second-order valence-electron chi connectivity index (χ2n) is 3.87. The van der Waals surface area contributed by atoms with Crippen molar-refractivity contribution < 1.29 is 18.3 Å². The van der Waals surface area contributed by atoms with Crippen LogP contribution in [0, 0.1) is 11.6 Å². The van der Waals surface area contributed by atoms with Gasteiger partial charge in [-0.1, -0.05) is 12.8 Å². The third-order valence-corrected chi connectivity index (χ3v) is 2.68. The third kappa shape index (κ3) is 5.00. The van der Waals surface area contributed by atoms with Crippen LogP contribution in [0.3, 0.4) is 0 Å². The molecule has 0 saturated heterocycles. The molecule has 0 aliphatic rings. The van der Waals surface area contributed by atoms with E-state index < -0.39 is 17.6 Å². The van der Waals surface area contributed by atoms with E-state index in [0.29, 0.717) is 5.88 Å². The van der Waals surface area contributed by atoms with E-state index >= 15 is 0 Å². The van der Waals surface area contributed by atoms with Crippen LogP contribution in [0.25, 0.3) is 0 Å². The number of hydrogen-bond acceptors (Lipinski definition) is 2. The van der Waals surface area contributed by atoms with Crippen molar-refractivity contribution in [1.29, 1.82) is 0 Å². The highest BCUT2D eigenvalue weighted by Gasteiger charge is 2.10. The summed E-state index contributed by atoms with van der Waals surface area (Å²) in [5.41, 5.74) is 0.0228. The molecule has 18 heavy (non-hydrogen) atoms. The summed E-state index contributed by atoms with van der Waals surface area (Å²) in [6, 6.07) is 2.95. The molecule has 1 rings (SSSR count). The number of esters is 1. The first-order valence-corrected chi connectivity index (χ1v) is 6.36. The summed E-state index contributed by atoms with van der Waals surface area (Å²) in [6.45, 7) is 0.278. The van der Waals surface area contributed by atoms with E-state index in [0.717, 1.165) is 37.8 Å². The van der Waals surface area contributed by atoms with Gasteiger partial charge >= 0.3 is 5.97 Å². The number of unbranched alkanes of at least 4 members (excludes halogenated alkanes) is 3. The highest BCUT2D eigenvalue weighted by molar-refractivity contribution is 6.17. The number of benzene rings is 1. The summed E-state index contributed by atoms with van der Waals surface area (Å²) < 4.78 is 30.5. The quantitative estimate of drug-likeness (QED) is 0.429. The van der Waals surface area contributed by atoms with E-state index in [1.165, 1.54) is 6.07 Å². The Morgan fingerprint density at radius 1 is 1.11 bits per heavy atom. The lowest BCUT2D eigenvalue weighted by molar-refractivity contribution is 0.0497. The number of carbonyl (C=O) groups is 1. The van der Waals surface area contributed by atoms with Gasteiger partial charge in [0.05, 0.1) is 12.2 Å². The van der Waals surface area contributed by atoms with Crippen molar-refractivity contribution in [2.24, 2.45) is 0 Å². The molecule has 0 amide bonds. The van der Waals surface area contributed by atoms with E-state index in [2.05, 4.69) is 0 Å². The van der Waals surface area contributed by atoms with Crippen LogP contribution in [0.5, 0.6) is 0 Å². The van der Waals surface area contributed by atoms with E-state index in [1.807, 2.05) is 0 Å². The standard InChI is InChI=1S/C13H15ClF2O2/c14-7-3-1-2-4-8-18-13(17)10-5-6-11(15)12(16)9-10/h5-6,9H,1-4,7-8H2. The maximum absolute atomic E-state index is 12.9. The lowest BCUT2D eigenvalue weighted by atomic mass is 10.2. The van der Waals surface area contributed by atoms with Gasteiger partial charge in [-0.05, 0) is 31.0 Å². The second kappa shape index (κ2) is 8.03. The largest absolute Gasteiger partial charge is 0.462 e. The van der Waals surface area contributed by atoms with E-state index in [9.17, 15) is 13.6 Å². The minimum Gasteiger partial charge on any atom is -0.462 e. The number of carbonyl (C=O) groups excluding carboxylic acids is 1. The van der Waals surface area contributed by atoms with Crippen molar-refractivity contribution in [3.8, 4) is 0 Å². The molecule has 0 heterocycles. The van der Waals surface area contributed by atoms with Gasteiger partial charge in [0.1, 0.15) is 0 Å². The zero-order chi connectivity index (χ0) is 13.4. The number of alkyl halides is 1. The summed E-state index contributed by atoms with van der Waals surface area (Å²) in [7, 11) is 0. The summed E-state index contributed by atoms with van der Waals surface area (Å²) in [5.74, 6) is -2.03. The number of rotatable bonds is 7. The Bertz CT molecular complexity index is 397. The van der Waals surface area contributed by atoms with Crippen molar-refractivity contribution in [2.45, 2.75) is 25.7 Å². The molecule has 0 spiro atoms. The smallest absolute Gasteiger partial charge is 0.338 e. The molecular weight excluding hydrogens is 262 g/mol. The Balaban J connectivity index is 2.30. The van der Waals surface area contributed by atoms with Gasteiger partial charge in [0.2, 0.25) is 0 Å². The molecule has 100 valence electrons. The molecule has 0 bridgehead atoms. The Hall–Kier alpha value is -1.16. The lowest BCUT2D eigenvalue weighted by Crippen LogP contribution is -2.07. The summed E-state index contributed by atoms with van der Waals surface area (Å²) in [4.78, 5) is 11.5. The minimum atomic E-state index is -1.05. The molecule has 0 saturated carbocycles. The zero-order valence-corrected chi connectivity index (χ0v) is 10.7. The van der Waals surface area contributed by atoms with Gasteiger partial charge in [0.15, 0.2) is 11.6 Å². The lowest BCUT2D eigenvalue weighted by Gasteiger charge is -2.05. The number of hydrogen-bond donors (Lipinski definition) is 0. The van der Waals surface area contributed by atoms with Crippen LogP contribution in [-0.2, 0) is 4.74 Å². The topological polar surface area (TPSA) is 26.3 Å². The molecule has 0 radical (unpaired) electrons. The van der Waals surface area contributed by atoms with Gasteiger partial charge in [0, 0.05) is 5.88 Å². The maximum Gasteiger partial charge on any atom is 0.338 e. The predicted octanol–water partition coefficient (Wildman–Crippen LogP) is 3.92. The Kier molecular flexibility index (Phi) is 6.65. The summed E-state index contributed by atoms with van der Waals surface area (Å²) in [6.07, 6.45) is 3.61. The van der Waals surface area contributed by atoms with Gasteiger partial charge in [-0.25, -0.2) is 13.6 Å². The fourth-order valence-corrected chi connectivity index (χ4v) is 1.61. The first-order chi connectivity index (χ1) is 8.65. The fraction of sp³-hybridized carbons (Fsp3) is 0.462. The average Bonchev–Trinajstić information content (AvgIpc) is 2.36. The van der Waals surface area contributed by atoms with Crippen LogP contribution in [0.2, 0.25) is 0 Å². The molecule has 0 aliphatic carbocycles. The second-order valence-corrected chi connectivity index (χ2v) is 4.25. The Morgan fingerprint density at radius 3 is 2.50 bits per heavy atom. The summed E-state index contributed by atoms with van der Waals surface area (Å²) >= 11 is 5.52. The molecule has 0 fully saturated rings. The molecule has 1 aromatic carbocycles. The first-order valence-electron chi connectivity index (χ1n) is 5.83. The van der Waals surface area contributed by atoms with Crippen molar-refractivity contribution >= 4 is 17.6 Å². The molecule has 0 atom stereocenters. The van der Waals surface area contributed by atoms with Gasteiger partial charge < -0.3 is 4.74 Å². The van der Waals surface area contributed by atoms with Crippen molar-refractivity contribution in [2.75, 3.05) is 12.5 Å². The van der Waals surface area contributed by atoms with Crippen molar-refractivity contribution in [1.82, 2.24) is 0 Å². The van der Waals surface area contributed by atoms with Crippen LogP contribution < -0.4 is 0 Å². The number of halogens is 3. The van der Waals surface area contributed by atoms with E-state index in [-0.39, 0.29) is 12.2 Å². The van der Waals surface area contributed by atoms with Crippen LogP contribution >= 0.6 is 11.6 Å². The predicted molar refractivity (Wildman–Crippen MR) is 65.8 cm³/mol. The monoisotopic (exact) mass is 276 g/mol. The van der Waals surface area contributed by atoms with Crippen LogP contribution in [-0.4, -0.2) is 18.5 Å². The van der Waals surface area contributed by atoms with Crippen LogP contribution in [0.4, 0.5) is 8.78 Å². The Morgan fingerprint density at radius 2 is 1.83 bits per heavy atom. The fourth-order valence-electron chi connectivity index (χ4n) is 1.42. The Labute approximate surface area is 110 Å². The maximum atomic E-state index is 12.9. The van der Waals surface area contributed by atoms with Gasteiger partial charge in [-0.15, -0.1) is 11.6 Å². The molecule has 1 aromatic rings. The highest BCUT2D eigenvalue weighted by atomic mass is 35.5. The van der Waals surface area contributed by atoms with Crippen LogP contribution in [0.15, 0.2) is 18.2 Å². The molecule has 0 unspecified atom stereocenters. The third-order valence-electron chi connectivity index (χ3n) is 2.42. The summed E-state index contributed by atoms with van der Waals surface area (Å²) in [5, 5.41) is 0.